The standard InChI is InChI=1S/C10H13FN2O3S/c11-7-1-2-9(12)10(5-7)17(15,16)13-4-3-8(14)6-13/h1-2,5,8,14H,3-4,6,12H2. The van der Waals surface area contributed by atoms with Gasteiger partial charge in [0.2, 0.25) is 10.0 Å². The number of nitrogens with zero attached hydrogens (tertiary/aromatic N) is 1. The zero-order chi connectivity index (χ0) is 12.6. The van der Waals surface area contributed by atoms with Crippen molar-refractivity contribution in [2.75, 3.05) is 18.8 Å². The van der Waals surface area contributed by atoms with Gasteiger partial charge in [-0.15, -0.1) is 0 Å². The Morgan fingerprint density at radius 3 is 2.76 bits per heavy atom. The SMILES string of the molecule is Nc1ccc(F)cc1S(=O)(=O)N1CCC(O)C1. The fraction of sp³-hybridized carbons (Fsp3) is 0.400. The Balaban J connectivity index is 2.41. The third-order valence-corrected chi connectivity index (χ3v) is 4.64. The lowest BCUT2D eigenvalue weighted by Gasteiger charge is -2.16. The van der Waals surface area contributed by atoms with Crippen LogP contribution >= 0.6 is 0 Å². The summed E-state index contributed by atoms with van der Waals surface area (Å²) in [7, 11) is -3.82. The predicted octanol–water partition coefficient (Wildman–Crippen LogP) is 0.163. The van der Waals surface area contributed by atoms with E-state index in [0.717, 1.165) is 16.4 Å². The van der Waals surface area contributed by atoms with E-state index in [1.165, 1.54) is 6.07 Å². The van der Waals surface area contributed by atoms with E-state index in [9.17, 15) is 17.9 Å². The van der Waals surface area contributed by atoms with Gasteiger partial charge in [0.1, 0.15) is 10.7 Å². The number of hydrogen-bond donors (Lipinski definition) is 2. The lowest BCUT2D eigenvalue weighted by atomic mass is 10.3. The van der Waals surface area contributed by atoms with Crippen molar-refractivity contribution in [1.29, 1.82) is 0 Å². The van der Waals surface area contributed by atoms with Crippen molar-refractivity contribution in [1.82, 2.24) is 4.31 Å². The Hall–Kier alpha value is -1.18. The number of halogens is 1. The Kier molecular flexibility index (Phi) is 3.07. The van der Waals surface area contributed by atoms with Gasteiger partial charge in [-0.05, 0) is 24.6 Å². The molecule has 94 valence electrons. The number of sulfonamides is 1. The maximum Gasteiger partial charge on any atom is 0.245 e. The van der Waals surface area contributed by atoms with Crippen molar-refractivity contribution < 1.29 is 17.9 Å². The van der Waals surface area contributed by atoms with Crippen LogP contribution in [0.2, 0.25) is 0 Å². The highest BCUT2D eigenvalue weighted by atomic mass is 32.2. The highest BCUT2D eigenvalue weighted by molar-refractivity contribution is 7.89. The van der Waals surface area contributed by atoms with Gasteiger partial charge in [0.15, 0.2) is 0 Å². The number of rotatable bonds is 2. The molecule has 1 atom stereocenters. The number of nitrogens with two attached hydrogens (primary N) is 1. The van der Waals surface area contributed by atoms with Crippen molar-refractivity contribution in [3.63, 3.8) is 0 Å². The minimum absolute atomic E-state index is 0.00721. The van der Waals surface area contributed by atoms with Gasteiger partial charge in [-0.2, -0.15) is 4.31 Å². The Bertz CT molecular complexity index is 532. The van der Waals surface area contributed by atoms with E-state index < -0.39 is 21.9 Å². The molecular weight excluding hydrogens is 247 g/mol. The molecule has 0 aliphatic carbocycles. The molecule has 0 saturated carbocycles. The Morgan fingerprint density at radius 2 is 2.18 bits per heavy atom. The van der Waals surface area contributed by atoms with Crippen LogP contribution in [-0.4, -0.2) is 37.0 Å². The normalized spacial score (nSPS) is 21.9. The van der Waals surface area contributed by atoms with E-state index in [-0.39, 0.29) is 23.7 Å². The fourth-order valence-electron chi connectivity index (χ4n) is 1.80. The zero-order valence-electron chi connectivity index (χ0n) is 9.01. The highest BCUT2D eigenvalue weighted by Crippen LogP contribution is 2.26. The number of anilines is 1. The molecule has 7 heteroatoms. The summed E-state index contributed by atoms with van der Waals surface area (Å²) in [5.74, 6) is -0.655. The molecule has 1 heterocycles. The first-order chi connectivity index (χ1) is 7.91. The van der Waals surface area contributed by atoms with Gasteiger partial charge < -0.3 is 10.8 Å². The van der Waals surface area contributed by atoms with Crippen LogP contribution in [0.25, 0.3) is 0 Å². The molecule has 0 amide bonds. The lowest BCUT2D eigenvalue weighted by molar-refractivity contribution is 0.189. The van der Waals surface area contributed by atoms with Gasteiger partial charge in [0.25, 0.3) is 0 Å². The number of benzene rings is 1. The maximum absolute atomic E-state index is 13.1. The Labute approximate surface area is 98.7 Å². The first-order valence-corrected chi connectivity index (χ1v) is 6.58. The highest BCUT2D eigenvalue weighted by Gasteiger charge is 2.32. The predicted molar refractivity (Wildman–Crippen MR) is 60.2 cm³/mol. The molecule has 0 aromatic heterocycles. The molecule has 2 rings (SSSR count). The van der Waals surface area contributed by atoms with E-state index >= 15 is 0 Å². The first kappa shape index (κ1) is 12.3. The van der Waals surface area contributed by atoms with Crippen molar-refractivity contribution in [3.8, 4) is 0 Å². The molecule has 1 fully saturated rings. The minimum Gasteiger partial charge on any atom is -0.398 e. The summed E-state index contributed by atoms with van der Waals surface area (Å²) in [6, 6.07) is 3.22. The molecule has 1 aliphatic rings. The largest absolute Gasteiger partial charge is 0.398 e. The number of β-amino-alcohol motifs (C(OH)–C–C–N with tert-alkyl or cyclic N) is 1. The monoisotopic (exact) mass is 260 g/mol. The molecule has 1 saturated heterocycles. The third-order valence-electron chi connectivity index (χ3n) is 2.72. The van der Waals surface area contributed by atoms with Crippen molar-refractivity contribution in [2.45, 2.75) is 17.4 Å². The van der Waals surface area contributed by atoms with Gasteiger partial charge in [-0.3, -0.25) is 0 Å². The van der Waals surface area contributed by atoms with Crippen molar-refractivity contribution in [2.24, 2.45) is 0 Å². The number of aliphatic hydroxyl groups is 1. The van der Waals surface area contributed by atoms with Crippen LogP contribution in [0.4, 0.5) is 10.1 Å². The van der Waals surface area contributed by atoms with Crippen molar-refractivity contribution >= 4 is 15.7 Å². The van der Waals surface area contributed by atoms with Gasteiger partial charge >= 0.3 is 0 Å². The van der Waals surface area contributed by atoms with E-state index in [2.05, 4.69) is 0 Å². The van der Waals surface area contributed by atoms with Gasteiger partial charge in [0, 0.05) is 13.1 Å². The second kappa shape index (κ2) is 4.25. The third kappa shape index (κ3) is 2.26. The van der Waals surface area contributed by atoms with Crippen LogP contribution in [0.5, 0.6) is 0 Å². The van der Waals surface area contributed by atoms with Gasteiger partial charge in [-0.25, -0.2) is 12.8 Å². The van der Waals surface area contributed by atoms with Crippen molar-refractivity contribution in [3.05, 3.63) is 24.0 Å². The molecule has 5 nitrogen and oxygen atoms in total. The first-order valence-electron chi connectivity index (χ1n) is 5.14. The second-order valence-corrected chi connectivity index (χ2v) is 5.89. The maximum atomic E-state index is 13.1. The molecule has 1 aliphatic heterocycles. The summed E-state index contributed by atoms with van der Waals surface area (Å²) in [6.45, 7) is 0.248. The molecule has 0 radical (unpaired) electrons. The lowest BCUT2D eigenvalue weighted by Crippen LogP contribution is -2.30. The molecule has 0 bridgehead atoms. The molecule has 1 unspecified atom stereocenters. The van der Waals surface area contributed by atoms with Crippen LogP contribution < -0.4 is 5.73 Å². The smallest absolute Gasteiger partial charge is 0.245 e. The summed E-state index contributed by atoms with van der Waals surface area (Å²) >= 11 is 0. The average Bonchev–Trinajstić information content (AvgIpc) is 2.69. The molecule has 1 aromatic carbocycles. The van der Waals surface area contributed by atoms with Crippen LogP contribution in [0.15, 0.2) is 23.1 Å². The fourth-order valence-corrected chi connectivity index (χ4v) is 3.42. The molecule has 17 heavy (non-hydrogen) atoms. The Morgan fingerprint density at radius 1 is 1.47 bits per heavy atom. The summed E-state index contributed by atoms with van der Waals surface area (Å²) in [4.78, 5) is -0.244. The van der Waals surface area contributed by atoms with Gasteiger partial charge in [0.05, 0.1) is 11.8 Å². The number of hydrogen-bond acceptors (Lipinski definition) is 4. The minimum atomic E-state index is -3.82. The zero-order valence-corrected chi connectivity index (χ0v) is 9.82. The number of nitrogen functional groups attached to an aromatic ring is 1. The van der Waals surface area contributed by atoms with E-state index in [1.54, 1.807) is 0 Å². The van der Waals surface area contributed by atoms with E-state index in [0.29, 0.717) is 6.42 Å². The number of aliphatic hydroxyl groups excluding tert-OH is 1. The van der Waals surface area contributed by atoms with Gasteiger partial charge in [-0.1, -0.05) is 0 Å². The van der Waals surface area contributed by atoms with E-state index in [4.69, 9.17) is 5.73 Å². The molecule has 1 aromatic rings. The molecular formula is C10H13FN2O3S. The second-order valence-electron chi connectivity index (χ2n) is 3.99. The topological polar surface area (TPSA) is 83.6 Å². The summed E-state index contributed by atoms with van der Waals surface area (Å²) in [6.07, 6.45) is -0.284. The van der Waals surface area contributed by atoms with Crippen LogP contribution in [0.3, 0.4) is 0 Å². The summed E-state index contributed by atoms with van der Waals surface area (Å²) < 4.78 is 38.4. The molecule has 0 spiro atoms. The van der Waals surface area contributed by atoms with Crippen LogP contribution in [0.1, 0.15) is 6.42 Å². The summed E-state index contributed by atoms with van der Waals surface area (Å²) in [5.41, 5.74) is 5.55. The summed E-state index contributed by atoms with van der Waals surface area (Å²) in [5, 5.41) is 9.32. The quantitative estimate of drug-likeness (QED) is 0.742. The van der Waals surface area contributed by atoms with Crippen LogP contribution in [0, 0.1) is 5.82 Å². The van der Waals surface area contributed by atoms with E-state index in [1.807, 2.05) is 0 Å². The average molecular weight is 260 g/mol. The molecule has 3 N–H and O–H groups in total. The van der Waals surface area contributed by atoms with Crippen LogP contribution in [-0.2, 0) is 10.0 Å².